The molecule has 1 aliphatic rings. The Morgan fingerprint density at radius 2 is 2.00 bits per heavy atom. The average Bonchev–Trinajstić information content (AvgIpc) is 3.13. The number of anilines is 1. The van der Waals surface area contributed by atoms with Gasteiger partial charge >= 0.3 is 0 Å². The zero-order valence-corrected chi connectivity index (χ0v) is 16.7. The van der Waals surface area contributed by atoms with Crippen LogP contribution in [0, 0.1) is 13.8 Å². The number of fused-ring (bicyclic) bond motifs is 1. The second-order valence-electron chi connectivity index (χ2n) is 7.41. The van der Waals surface area contributed by atoms with Crippen LogP contribution in [0.5, 0.6) is 0 Å². The summed E-state index contributed by atoms with van der Waals surface area (Å²) in [5, 5.41) is 9.87. The maximum absolute atomic E-state index is 12.6. The molecule has 0 saturated carbocycles. The lowest BCUT2D eigenvalue weighted by Crippen LogP contribution is -2.39. The van der Waals surface area contributed by atoms with Gasteiger partial charge in [-0.3, -0.25) is 9.59 Å². The molecule has 0 atom stereocenters. The third-order valence-corrected chi connectivity index (χ3v) is 5.24. The molecule has 0 fully saturated rings. The predicted molar refractivity (Wildman–Crippen MR) is 115 cm³/mol. The SMILES string of the molecule is Cc1ccc(C)c(N2N=C(C(=O)NCCc3c[nH]c4ccccc34)CCC2=O)c1. The molecule has 0 bridgehead atoms. The van der Waals surface area contributed by atoms with E-state index in [1.807, 2.05) is 56.4 Å². The van der Waals surface area contributed by atoms with Crippen LogP contribution in [-0.4, -0.2) is 29.1 Å². The first kappa shape index (κ1) is 18.9. The molecule has 6 heteroatoms. The van der Waals surface area contributed by atoms with Crippen molar-refractivity contribution in [3.63, 3.8) is 0 Å². The van der Waals surface area contributed by atoms with Crippen molar-refractivity contribution in [3.8, 4) is 0 Å². The van der Waals surface area contributed by atoms with Crippen molar-refractivity contribution in [2.45, 2.75) is 33.1 Å². The Morgan fingerprint density at radius 3 is 2.86 bits per heavy atom. The first-order valence-electron chi connectivity index (χ1n) is 9.84. The maximum atomic E-state index is 12.6. The van der Waals surface area contributed by atoms with Gasteiger partial charge in [0.05, 0.1) is 5.69 Å². The van der Waals surface area contributed by atoms with Crippen molar-refractivity contribution in [1.29, 1.82) is 0 Å². The van der Waals surface area contributed by atoms with Crippen molar-refractivity contribution in [2.75, 3.05) is 11.6 Å². The fraction of sp³-hybridized carbons (Fsp3) is 0.261. The minimum absolute atomic E-state index is 0.0888. The van der Waals surface area contributed by atoms with Gasteiger partial charge in [0.2, 0.25) is 5.91 Å². The van der Waals surface area contributed by atoms with Crippen LogP contribution in [0.15, 0.2) is 53.8 Å². The average molecular weight is 388 g/mol. The van der Waals surface area contributed by atoms with Crippen molar-refractivity contribution >= 4 is 34.1 Å². The first-order chi connectivity index (χ1) is 14.0. The third kappa shape index (κ3) is 3.92. The molecule has 4 rings (SSSR count). The van der Waals surface area contributed by atoms with Crippen LogP contribution < -0.4 is 10.3 Å². The highest BCUT2D eigenvalue weighted by Crippen LogP contribution is 2.25. The number of para-hydroxylation sites is 1. The highest BCUT2D eigenvalue weighted by atomic mass is 16.2. The van der Waals surface area contributed by atoms with Crippen molar-refractivity contribution in [1.82, 2.24) is 10.3 Å². The van der Waals surface area contributed by atoms with Gasteiger partial charge in [0.25, 0.3) is 5.91 Å². The Morgan fingerprint density at radius 1 is 1.17 bits per heavy atom. The van der Waals surface area contributed by atoms with E-state index in [1.165, 1.54) is 16.0 Å². The number of aromatic nitrogens is 1. The van der Waals surface area contributed by atoms with E-state index in [0.29, 0.717) is 18.7 Å². The largest absolute Gasteiger partial charge is 0.361 e. The minimum atomic E-state index is -0.215. The summed E-state index contributed by atoms with van der Waals surface area (Å²) in [6.07, 6.45) is 3.35. The summed E-state index contributed by atoms with van der Waals surface area (Å²) in [5.74, 6) is -0.304. The van der Waals surface area contributed by atoms with Crippen molar-refractivity contribution in [3.05, 3.63) is 65.4 Å². The molecule has 1 aliphatic heterocycles. The summed E-state index contributed by atoms with van der Waals surface area (Å²) >= 11 is 0. The van der Waals surface area contributed by atoms with Crippen molar-refractivity contribution in [2.24, 2.45) is 5.10 Å². The Hall–Kier alpha value is -3.41. The normalized spacial score (nSPS) is 14.2. The van der Waals surface area contributed by atoms with Crippen molar-refractivity contribution < 1.29 is 9.59 Å². The third-order valence-electron chi connectivity index (χ3n) is 5.24. The number of carbonyl (C=O) groups is 2. The monoisotopic (exact) mass is 388 g/mol. The molecule has 0 aliphatic carbocycles. The maximum Gasteiger partial charge on any atom is 0.267 e. The molecule has 148 valence electrons. The molecule has 0 radical (unpaired) electrons. The van der Waals surface area contributed by atoms with Gasteiger partial charge in [-0.1, -0.05) is 30.3 Å². The number of benzene rings is 2. The molecule has 0 spiro atoms. The number of H-pyrrole nitrogens is 1. The number of aromatic amines is 1. The molecular formula is C23H24N4O2. The van der Waals surface area contributed by atoms with E-state index < -0.39 is 0 Å². The topological polar surface area (TPSA) is 77.6 Å². The minimum Gasteiger partial charge on any atom is -0.361 e. The number of nitrogens with one attached hydrogen (secondary N) is 2. The zero-order chi connectivity index (χ0) is 20.4. The van der Waals surface area contributed by atoms with Gasteiger partial charge < -0.3 is 10.3 Å². The van der Waals surface area contributed by atoms with Crippen LogP contribution in [0.25, 0.3) is 10.9 Å². The Balaban J connectivity index is 1.45. The molecule has 0 saturated heterocycles. The molecule has 2 heterocycles. The predicted octanol–water partition coefficient (Wildman–Crippen LogP) is 3.63. The van der Waals surface area contributed by atoms with E-state index in [4.69, 9.17) is 0 Å². The molecule has 2 N–H and O–H groups in total. The number of amides is 2. The van der Waals surface area contributed by atoms with Crippen LogP contribution in [0.2, 0.25) is 0 Å². The second-order valence-corrected chi connectivity index (χ2v) is 7.41. The number of hydrazone groups is 1. The van der Waals surface area contributed by atoms with Gasteiger partial charge in [-0.2, -0.15) is 5.10 Å². The quantitative estimate of drug-likeness (QED) is 0.700. The van der Waals surface area contributed by atoms with Crippen LogP contribution in [-0.2, 0) is 16.0 Å². The van der Waals surface area contributed by atoms with E-state index in [1.54, 1.807) is 0 Å². The molecule has 0 unspecified atom stereocenters. The van der Waals surface area contributed by atoms with E-state index >= 15 is 0 Å². The molecule has 1 aromatic heterocycles. The van der Waals surface area contributed by atoms with E-state index in [2.05, 4.69) is 21.5 Å². The van der Waals surface area contributed by atoms with Crippen LogP contribution >= 0.6 is 0 Å². The zero-order valence-electron chi connectivity index (χ0n) is 16.7. The van der Waals surface area contributed by atoms with E-state index in [-0.39, 0.29) is 18.2 Å². The fourth-order valence-electron chi connectivity index (χ4n) is 3.60. The number of rotatable bonds is 5. The molecule has 3 aromatic rings. The van der Waals surface area contributed by atoms with Gasteiger partial charge in [0.15, 0.2) is 0 Å². The molecule has 2 amide bonds. The summed E-state index contributed by atoms with van der Waals surface area (Å²) in [6.45, 7) is 4.42. The molecule has 29 heavy (non-hydrogen) atoms. The lowest BCUT2D eigenvalue weighted by molar-refractivity contribution is -0.118. The lowest BCUT2D eigenvalue weighted by atomic mass is 10.1. The van der Waals surface area contributed by atoms with Gasteiger partial charge in [-0.15, -0.1) is 0 Å². The van der Waals surface area contributed by atoms with Gasteiger partial charge in [0.1, 0.15) is 5.71 Å². The van der Waals surface area contributed by atoms with Gasteiger partial charge in [-0.25, -0.2) is 5.01 Å². The Labute approximate surface area is 169 Å². The fourth-order valence-corrected chi connectivity index (χ4v) is 3.60. The molecule has 6 nitrogen and oxygen atoms in total. The highest BCUT2D eigenvalue weighted by Gasteiger charge is 2.26. The van der Waals surface area contributed by atoms with E-state index in [9.17, 15) is 9.59 Å². The second kappa shape index (κ2) is 7.91. The van der Waals surface area contributed by atoms with E-state index in [0.717, 1.165) is 28.8 Å². The Bertz CT molecular complexity index is 1110. The molecular weight excluding hydrogens is 364 g/mol. The number of hydrogen-bond acceptors (Lipinski definition) is 3. The van der Waals surface area contributed by atoms with Gasteiger partial charge in [-0.05, 0) is 49.1 Å². The number of nitrogens with zero attached hydrogens (tertiary/aromatic N) is 2. The van der Waals surface area contributed by atoms with Gasteiger partial charge in [0, 0.05) is 36.5 Å². The Kier molecular flexibility index (Phi) is 5.16. The number of hydrogen-bond donors (Lipinski definition) is 2. The number of aryl methyl sites for hydroxylation is 2. The van der Waals surface area contributed by atoms with Crippen LogP contribution in [0.3, 0.4) is 0 Å². The smallest absolute Gasteiger partial charge is 0.267 e. The van der Waals surface area contributed by atoms with Crippen LogP contribution in [0.1, 0.15) is 29.5 Å². The highest BCUT2D eigenvalue weighted by molar-refractivity contribution is 6.40. The standard InChI is InChI=1S/C23H24N4O2/c1-15-7-8-16(2)21(13-15)27-22(28)10-9-20(26-27)23(29)24-12-11-17-14-25-19-6-4-3-5-18(17)19/h3-8,13-14,25H,9-12H2,1-2H3,(H,24,29). The summed E-state index contributed by atoms with van der Waals surface area (Å²) in [5.41, 5.74) is 5.38. The van der Waals surface area contributed by atoms with Crippen LogP contribution in [0.4, 0.5) is 5.69 Å². The summed E-state index contributed by atoms with van der Waals surface area (Å²) in [7, 11) is 0. The number of carbonyl (C=O) groups excluding carboxylic acids is 2. The first-order valence-corrected chi connectivity index (χ1v) is 9.84. The summed E-state index contributed by atoms with van der Waals surface area (Å²) in [4.78, 5) is 28.3. The lowest BCUT2D eigenvalue weighted by Gasteiger charge is -2.24. The molecule has 2 aromatic carbocycles. The summed E-state index contributed by atoms with van der Waals surface area (Å²) in [6, 6.07) is 14.0. The summed E-state index contributed by atoms with van der Waals surface area (Å²) < 4.78 is 0.